The topological polar surface area (TPSA) is 58.6 Å². The maximum Gasteiger partial charge on any atom is 0.261 e. The number of benzene rings is 2. The molecule has 1 aliphatic heterocycles. The standard InChI is InChI=1S/C16H16Cl2N2O3S/c1-20-4-5-23-16-3-2-14(6-11(16)10-20)19-24(21,22)15-8-12(17)7-13(18)9-15/h2-3,6-9,19H,4-5,10H2,1H3. The number of rotatable bonds is 3. The molecule has 0 spiro atoms. The Kier molecular flexibility index (Phi) is 4.92. The van der Waals surface area contributed by atoms with E-state index in [0.29, 0.717) is 18.8 Å². The molecular formula is C16H16Cl2N2O3S. The number of hydrogen-bond acceptors (Lipinski definition) is 4. The zero-order chi connectivity index (χ0) is 17.3. The van der Waals surface area contributed by atoms with Gasteiger partial charge in [-0.15, -0.1) is 0 Å². The van der Waals surface area contributed by atoms with Crippen LogP contribution in [0.25, 0.3) is 0 Å². The van der Waals surface area contributed by atoms with E-state index in [2.05, 4.69) is 9.62 Å². The van der Waals surface area contributed by atoms with Gasteiger partial charge in [0.05, 0.1) is 4.90 Å². The molecule has 3 rings (SSSR count). The average molecular weight is 387 g/mol. The van der Waals surface area contributed by atoms with Gasteiger partial charge in [-0.2, -0.15) is 0 Å². The first kappa shape index (κ1) is 17.4. The lowest BCUT2D eigenvalue weighted by Crippen LogP contribution is -2.20. The summed E-state index contributed by atoms with van der Waals surface area (Å²) in [5.41, 5.74) is 1.39. The molecule has 0 radical (unpaired) electrons. The van der Waals surface area contributed by atoms with E-state index >= 15 is 0 Å². The molecule has 128 valence electrons. The minimum atomic E-state index is -3.78. The Morgan fingerprint density at radius 3 is 2.54 bits per heavy atom. The molecule has 0 aromatic heterocycles. The summed E-state index contributed by atoms with van der Waals surface area (Å²) < 4.78 is 33.3. The third-order valence-corrected chi connectivity index (χ3v) is 5.43. The van der Waals surface area contributed by atoms with Crippen molar-refractivity contribution in [2.24, 2.45) is 0 Å². The van der Waals surface area contributed by atoms with Crippen LogP contribution < -0.4 is 9.46 Å². The molecule has 0 fully saturated rings. The first-order valence-electron chi connectivity index (χ1n) is 7.27. The molecule has 0 aliphatic carbocycles. The van der Waals surface area contributed by atoms with E-state index in [4.69, 9.17) is 27.9 Å². The Bertz CT molecular complexity index is 851. The largest absolute Gasteiger partial charge is 0.492 e. The van der Waals surface area contributed by atoms with Crippen molar-refractivity contribution in [3.63, 3.8) is 0 Å². The molecule has 1 N–H and O–H groups in total. The van der Waals surface area contributed by atoms with Crippen LogP contribution in [0.2, 0.25) is 10.0 Å². The minimum Gasteiger partial charge on any atom is -0.492 e. The van der Waals surface area contributed by atoms with Gasteiger partial charge in [-0.1, -0.05) is 23.2 Å². The lowest BCUT2D eigenvalue weighted by atomic mass is 10.1. The smallest absolute Gasteiger partial charge is 0.261 e. The SMILES string of the molecule is CN1CCOc2ccc(NS(=O)(=O)c3cc(Cl)cc(Cl)c3)cc2C1. The highest BCUT2D eigenvalue weighted by Crippen LogP contribution is 2.28. The first-order valence-corrected chi connectivity index (χ1v) is 9.50. The van der Waals surface area contributed by atoms with Gasteiger partial charge in [0.2, 0.25) is 0 Å². The van der Waals surface area contributed by atoms with Crippen LogP contribution in [-0.4, -0.2) is 33.5 Å². The van der Waals surface area contributed by atoms with Gasteiger partial charge in [-0.05, 0) is 43.4 Å². The molecule has 0 atom stereocenters. The summed E-state index contributed by atoms with van der Waals surface area (Å²) in [6.45, 7) is 2.11. The molecule has 0 bridgehead atoms. The number of likely N-dealkylation sites (N-methyl/N-ethyl adjacent to an activating group) is 1. The van der Waals surface area contributed by atoms with Crippen LogP contribution in [-0.2, 0) is 16.6 Å². The number of hydrogen-bond donors (Lipinski definition) is 1. The number of halogens is 2. The molecule has 2 aromatic rings. The normalized spacial score (nSPS) is 15.3. The zero-order valence-corrected chi connectivity index (χ0v) is 15.2. The fraction of sp³-hybridized carbons (Fsp3) is 0.250. The summed E-state index contributed by atoms with van der Waals surface area (Å²) in [5.74, 6) is 0.771. The highest BCUT2D eigenvalue weighted by molar-refractivity contribution is 7.92. The average Bonchev–Trinajstić information content (AvgIpc) is 2.66. The number of ether oxygens (including phenoxy) is 1. The van der Waals surface area contributed by atoms with Gasteiger partial charge in [0.1, 0.15) is 12.4 Å². The lowest BCUT2D eigenvalue weighted by molar-refractivity contribution is 0.259. The Morgan fingerprint density at radius 2 is 1.83 bits per heavy atom. The van der Waals surface area contributed by atoms with Gasteiger partial charge in [0.25, 0.3) is 10.0 Å². The maximum atomic E-state index is 12.5. The van der Waals surface area contributed by atoms with Crippen molar-refractivity contribution in [1.82, 2.24) is 4.90 Å². The van der Waals surface area contributed by atoms with E-state index in [1.165, 1.54) is 18.2 Å². The van der Waals surface area contributed by atoms with Crippen molar-refractivity contribution in [2.75, 3.05) is 24.9 Å². The molecule has 0 saturated heterocycles. The van der Waals surface area contributed by atoms with E-state index in [-0.39, 0.29) is 14.9 Å². The third-order valence-electron chi connectivity index (χ3n) is 3.63. The van der Waals surface area contributed by atoms with Gasteiger partial charge in [0.15, 0.2) is 0 Å². The van der Waals surface area contributed by atoms with Crippen LogP contribution in [0, 0.1) is 0 Å². The summed E-state index contributed by atoms with van der Waals surface area (Å²) in [5, 5.41) is 0.527. The van der Waals surface area contributed by atoms with E-state index in [9.17, 15) is 8.42 Å². The van der Waals surface area contributed by atoms with Crippen LogP contribution in [0.4, 0.5) is 5.69 Å². The van der Waals surface area contributed by atoms with Gasteiger partial charge < -0.3 is 4.74 Å². The Hall–Kier alpha value is -1.47. The number of nitrogens with one attached hydrogen (secondary N) is 1. The Morgan fingerprint density at radius 1 is 1.12 bits per heavy atom. The van der Waals surface area contributed by atoms with Crippen LogP contribution in [0.15, 0.2) is 41.3 Å². The van der Waals surface area contributed by atoms with Gasteiger partial charge in [0, 0.05) is 34.4 Å². The second-order valence-corrected chi connectivity index (χ2v) is 8.17. The molecule has 0 unspecified atom stereocenters. The van der Waals surface area contributed by atoms with Crippen LogP contribution in [0.5, 0.6) is 5.75 Å². The van der Waals surface area contributed by atoms with E-state index in [0.717, 1.165) is 17.9 Å². The van der Waals surface area contributed by atoms with Crippen LogP contribution in [0.1, 0.15) is 5.56 Å². The van der Waals surface area contributed by atoms with Crippen molar-refractivity contribution < 1.29 is 13.2 Å². The van der Waals surface area contributed by atoms with Gasteiger partial charge in [-0.3, -0.25) is 9.62 Å². The quantitative estimate of drug-likeness (QED) is 0.874. The zero-order valence-electron chi connectivity index (χ0n) is 12.9. The van der Waals surface area contributed by atoms with Crippen molar-refractivity contribution in [2.45, 2.75) is 11.4 Å². The molecular weight excluding hydrogens is 371 g/mol. The Balaban J connectivity index is 1.90. The van der Waals surface area contributed by atoms with Crippen molar-refractivity contribution in [3.8, 4) is 5.75 Å². The number of fused-ring (bicyclic) bond motifs is 1. The molecule has 0 amide bonds. The highest BCUT2D eigenvalue weighted by atomic mass is 35.5. The predicted octanol–water partition coefficient (Wildman–Crippen LogP) is 3.62. The predicted molar refractivity (Wildman–Crippen MR) is 95.5 cm³/mol. The number of nitrogens with zero attached hydrogens (tertiary/aromatic N) is 1. The monoisotopic (exact) mass is 386 g/mol. The Labute approximate surface area is 151 Å². The molecule has 0 saturated carbocycles. The second-order valence-electron chi connectivity index (χ2n) is 5.62. The number of anilines is 1. The third kappa shape index (κ3) is 3.95. The summed E-state index contributed by atoms with van der Waals surface area (Å²) in [4.78, 5) is 2.13. The summed E-state index contributed by atoms with van der Waals surface area (Å²) >= 11 is 11.8. The summed E-state index contributed by atoms with van der Waals surface area (Å²) in [6.07, 6.45) is 0. The first-order chi connectivity index (χ1) is 11.3. The van der Waals surface area contributed by atoms with Gasteiger partial charge in [-0.25, -0.2) is 8.42 Å². The number of sulfonamides is 1. The van der Waals surface area contributed by atoms with Crippen LogP contribution >= 0.6 is 23.2 Å². The highest BCUT2D eigenvalue weighted by Gasteiger charge is 2.18. The van der Waals surface area contributed by atoms with E-state index < -0.39 is 10.0 Å². The van der Waals surface area contributed by atoms with Gasteiger partial charge >= 0.3 is 0 Å². The van der Waals surface area contributed by atoms with E-state index in [1.807, 2.05) is 7.05 Å². The minimum absolute atomic E-state index is 0.0170. The van der Waals surface area contributed by atoms with Crippen molar-refractivity contribution in [3.05, 3.63) is 52.0 Å². The van der Waals surface area contributed by atoms with Crippen molar-refractivity contribution in [1.29, 1.82) is 0 Å². The molecule has 5 nitrogen and oxygen atoms in total. The molecule has 1 aliphatic rings. The second kappa shape index (κ2) is 6.80. The molecule has 8 heteroatoms. The fourth-order valence-electron chi connectivity index (χ4n) is 2.49. The summed E-state index contributed by atoms with van der Waals surface area (Å²) in [7, 11) is -1.79. The molecule has 2 aromatic carbocycles. The maximum absolute atomic E-state index is 12.5. The van der Waals surface area contributed by atoms with Crippen LogP contribution in [0.3, 0.4) is 0 Å². The van der Waals surface area contributed by atoms with E-state index in [1.54, 1.807) is 18.2 Å². The van der Waals surface area contributed by atoms with Crippen molar-refractivity contribution >= 4 is 38.9 Å². The lowest BCUT2D eigenvalue weighted by Gasteiger charge is -2.14. The fourth-order valence-corrected chi connectivity index (χ4v) is 4.26. The molecule has 1 heterocycles. The summed E-state index contributed by atoms with van der Waals surface area (Å²) in [6, 6.07) is 9.43. The molecule has 24 heavy (non-hydrogen) atoms.